The van der Waals surface area contributed by atoms with E-state index < -0.39 is 23.5 Å². The first kappa shape index (κ1) is 12.8. The van der Waals surface area contributed by atoms with Crippen LogP contribution in [0.3, 0.4) is 0 Å². The lowest BCUT2D eigenvalue weighted by atomic mass is 9.90. The fourth-order valence-electron chi connectivity index (χ4n) is 2.54. The molecule has 1 aliphatic rings. The predicted molar refractivity (Wildman–Crippen MR) is 67.3 cm³/mol. The van der Waals surface area contributed by atoms with E-state index in [0.29, 0.717) is 23.5 Å². The zero-order valence-electron chi connectivity index (χ0n) is 10.5. The molecule has 0 bridgehead atoms. The summed E-state index contributed by atoms with van der Waals surface area (Å²) in [6, 6.07) is 3.49. The first-order valence-electron chi connectivity index (χ1n) is 6.33. The molecular weight excluding hydrogens is 266 g/mol. The molecule has 1 aliphatic carbocycles. The van der Waals surface area contributed by atoms with E-state index in [1.54, 1.807) is 0 Å². The molecule has 1 aromatic heterocycles. The Morgan fingerprint density at radius 2 is 2.15 bits per heavy atom. The second-order valence-corrected chi connectivity index (χ2v) is 4.86. The van der Waals surface area contributed by atoms with E-state index in [-0.39, 0.29) is 0 Å². The lowest BCUT2D eigenvalue weighted by Crippen LogP contribution is -2.17. The highest BCUT2D eigenvalue weighted by Crippen LogP contribution is 2.32. The largest absolute Gasteiger partial charge is 0.481 e. The number of fused-ring (bicyclic) bond motifs is 1. The van der Waals surface area contributed by atoms with Crippen molar-refractivity contribution in [1.29, 1.82) is 0 Å². The van der Waals surface area contributed by atoms with E-state index in [9.17, 15) is 18.7 Å². The van der Waals surface area contributed by atoms with Gasteiger partial charge in [0.1, 0.15) is 11.7 Å². The number of H-pyrrole nitrogens is 1. The molecule has 2 aromatic rings. The molecule has 0 spiro atoms. The molecule has 2 N–H and O–H groups in total. The monoisotopic (exact) mass is 278 g/mol. The van der Waals surface area contributed by atoms with Crippen LogP contribution < -0.4 is 0 Å². The van der Waals surface area contributed by atoms with Crippen molar-refractivity contribution in [2.45, 2.75) is 25.2 Å². The number of aromatic amines is 1. The van der Waals surface area contributed by atoms with Crippen LogP contribution in [0.5, 0.6) is 0 Å². The molecule has 0 aliphatic heterocycles. The second kappa shape index (κ2) is 4.70. The van der Waals surface area contributed by atoms with E-state index in [0.717, 1.165) is 30.7 Å². The highest BCUT2D eigenvalue weighted by molar-refractivity contribution is 5.76. The minimum atomic E-state index is -0.952. The smallest absolute Gasteiger partial charge is 0.312 e. The minimum Gasteiger partial charge on any atom is -0.481 e. The maximum atomic E-state index is 13.2. The molecule has 0 fully saturated rings. The van der Waals surface area contributed by atoms with E-state index in [1.807, 2.05) is 0 Å². The summed E-state index contributed by atoms with van der Waals surface area (Å²) in [5, 5.41) is 9.18. The van der Waals surface area contributed by atoms with Crippen LogP contribution in [0, 0.1) is 11.6 Å². The first-order valence-corrected chi connectivity index (χ1v) is 6.33. The summed E-state index contributed by atoms with van der Waals surface area (Å²) in [5.41, 5.74) is 1.68. The zero-order chi connectivity index (χ0) is 14.3. The highest BCUT2D eigenvalue weighted by Gasteiger charge is 2.29. The molecule has 104 valence electrons. The standard InChI is InChI=1S/C14H12F2N2O2/c15-9-5-4-7(6-10(9)16)13-17-11-3-1-2-8(14(19)20)12(11)18-13/h4-6,8H,1-3H2,(H,17,18)(H,19,20). The van der Waals surface area contributed by atoms with Gasteiger partial charge in [-0.25, -0.2) is 13.8 Å². The minimum absolute atomic E-state index is 0.377. The number of aryl methyl sites for hydroxylation is 1. The fourth-order valence-corrected chi connectivity index (χ4v) is 2.54. The van der Waals surface area contributed by atoms with Crippen LogP contribution >= 0.6 is 0 Å². The van der Waals surface area contributed by atoms with Gasteiger partial charge < -0.3 is 10.1 Å². The van der Waals surface area contributed by atoms with Gasteiger partial charge in [-0.1, -0.05) is 0 Å². The summed E-state index contributed by atoms with van der Waals surface area (Å²) in [7, 11) is 0. The van der Waals surface area contributed by atoms with Gasteiger partial charge in [-0.15, -0.1) is 0 Å². The van der Waals surface area contributed by atoms with E-state index in [1.165, 1.54) is 6.07 Å². The highest BCUT2D eigenvalue weighted by atomic mass is 19.2. The van der Waals surface area contributed by atoms with Crippen LogP contribution in [0.25, 0.3) is 11.4 Å². The Hall–Kier alpha value is -2.24. The van der Waals surface area contributed by atoms with Crippen LogP contribution in [-0.4, -0.2) is 21.0 Å². The van der Waals surface area contributed by atoms with Gasteiger partial charge in [-0.2, -0.15) is 0 Å². The summed E-state index contributed by atoms with van der Waals surface area (Å²) >= 11 is 0. The number of aliphatic carboxylic acids is 1. The van der Waals surface area contributed by atoms with Crippen molar-refractivity contribution in [3.8, 4) is 11.4 Å². The van der Waals surface area contributed by atoms with Gasteiger partial charge in [-0.3, -0.25) is 4.79 Å². The molecule has 1 atom stereocenters. The van der Waals surface area contributed by atoms with Crippen LogP contribution in [0.15, 0.2) is 18.2 Å². The molecule has 3 rings (SSSR count). The third-order valence-corrected chi connectivity index (χ3v) is 3.55. The van der Waals surface area contributed by atoms with Crippen LogP contribution in [0.1, 0.15) is 30.1 Å². The number of hydrogen-bond donors (Lipinski definition) is 2. The Balaban J connectivity index is 2.04. The normalized spacial score (nSPS) is 17.8. The molecule has 1 heterocycles. The number of aromatic nitrogens is 2. The predicted octanol–water partition coefficient (Wildman–Crippen LogP) is 2.86. The quantitative estimate of drug-likeness (QED) is 0.887. The summed E-state index contributed by atoms with van der Waals surface area (Å²) in [4.78, 5) is 18.5. The molecule has 0 saturated carbocycles. The Labute approximate surface area is 113 Å². The Morgan fingerprint density at radius 1 is 1.35 bits per heavy atom. The SMILES string of the molecule is O=C(O)C1CCCc2[nH]c(-c3ccc(F)c(F)c3)nc21. The van der Waals surface area contributed by atoms with Crippen LogP contribution in [0.2, 0.25) is 0 Å². The summed E-state index contributed by atoms with van der Waals surface area (Å²) in [6.07, 6.45) is 2.03. The molecule has 4 nitrogen and oxygen atoms in total. The zero-order valence-corrected chi connectivity index (χ0v) is 10.5. The number of carboxylic acids is 1. The van der Waals surface area contributed by atoms with Crippen molar-refractivity contribution in [1.82, 2.24) is 9.97 Å². The molecule has 0 saturated heterocycles. The number of nitrogens with zero attached hydrogens (tertiary/aromatic N) is 1. The molecular formula is C14H12F2N2O2. The summed E-state index contributed by atoms with van der Waals surface area (Å²) < 4.78 is 26.2. The maximum Gasteiger partial charge on any atom is 0.312 e. The van der Waals surface area contributed by atoms with Gasteiger partial charge >= 0.3 is 5.97 Å². The molecule has 0 amide bonds. The van der Waals surface area contributed by atoms with Gasteiger partial charge in [0, 0.05) is 11.3 Å². The third kappa shape index (κ3) is 2.07. The number of carbonyl (C=O) groups is 1. The van der Waals surface area contributed by atoms with E-state index in [4.69, 9.17) is 0 Å². The van der Waals surface area contributed by atoms with Crippen molar-refractivity contribution < 1.29 is 18.7 Å². The Kier molecular flexibility index (Phi) is 3.00. The van der Waals surface area contributed by atoms with Gasteiger partial charge in [0.05, 0.1) is 5.69 Å². The van der Waals surface area contributed by atoms with Crippen molar-refractivity contribution in [3.63, 3.8) is 0 Å². The molecule has 0 radical (unpaired) electrons. The van der Waals surface area contributed by atoms with Crippen molar-refractivity contribution in [2.75, 3.05) is 0 Å². The first-order chi connectivity index (χ1) is 9.56. The number of hydrogen-bond acceptors (Lipinski definition) is 2. The number of benzene rings is 1. The summed E-state index contributed by atoms with van der Waals surface area (Å²) in [6.45, 7) is 0. The fraction of sp³-hybridized carbons (Fsp3) is 0.286. The Morgan fingerprint density at radius 3 is 2.85 bits per heavy atom. The van der Waals surface area contributed by atoms with E-state index in [2.05, 4.69) is 9.97 Å². The number of nitrogens with one attached hydrogen (secondary N) is 1. The maximum absolute atomic E-state index is 13.2. The van der Waals surface area contributed by atoms with Crippen LogP contribution in [-0.2, 0) is 11.2 Å². The third-order valence-electron chi connectivity index (χ3n) is 3.55. The van der Waals surface area contributed by atoms with Gasteiger partial charge in [0.2, 0.25) is 0 Å². The topological polar surface area (TPSA) is 66.0 Å². The van der Waals surface area contributed by atoms with Crippen molar-refractivity contribution in [3.05, 3.63) is 41.2 Å². The number of rotatable bonds is 2. The molecule has 1 aromatic carbocycles. The second-order valence-electron chi connectivity index (χ2n) is 4.86. The lowest BCUT2D eigenvalue weighted by molar-refractivity contribution is -0.139. The number of halogens is 2. The van der Waals surface area contributed by atoms with Crippen molar-refractivity contribution in [2.24, 2.45) is 0 Å². The number of carboxylic acid groups (broad SMARTS) is 1. The van der Waals surface area contributed by atoms with Crippen LogP contribution in [0.4, 0.5) is 8.78 Å². The van der Waals surface area contributed by atoms with Gasteiger partial charge in [0.15, 0.2) is 11.6 Å². The average Bonchev–Trinajstić information content (AvgIpc) is 2.85. The Bertz CT molecular complexity index is 682. The van der Waals surface area contributed by atoms with Gasteiger partial charge in [0.25, 0.3) is 0 Å². The van der Waals surface area contributed by atoms with Gasteiger partial charge in [-0.05, 0) is 37.5 Å². The summed E-state index contributed by atoms with van der Waals surface area (Å²) in [5.74, 6) is -3.04. The number of imidazole rings is 1. The molecule has 1 unspecified atom stereocenters. The van der Waals surface area contributed by atoms with Crippen molar-refractivity contribution >= 4 is 5.97 Å². The molecule has 20 heavy (non-hydrogen) atoms. The molecule has 6 heteroatoms. The lowest BCUT2D eigenvalue weighted by Gasteiger charge is -2.16. The average molecular weight is 278 g/mol. The van der Waals surface area contributed by atoms with E-state index >= 15 is 0 Å².